The largest absolute Gasteiger partial charge is 0.349 e. The second-order valence-electron chi connectivity index (χ2n) is 6.65. The molecule has 0 spiro atoms. The second-order valence-corrected chi connectivity index (χ2v) is 6.65. The molecular formula is C16H24F2N2O. The van der Waals surface area contributed by atoms with Gasteiger partial charge in [-0.15, -0.1) is 0 Å². The molecule has 0 saturated carbocycles. The first-order valence-electron chi connectivity index (χ1n) is 7.09. The molecule has 0 aliphatic rings. The minimum atomic E-state index is -0.736. The Balaban J connectivity index is 2.63. The number of carbonyl (C=O) groups is 1. The average molecular weight is 298 g/mol. The molecule has 1 rings (SSSR count). The van der Waals surface area contributed by atoms with E-state index in [0.29, 0.717) is 6.42 Å². The first kappa shape index (κ1) is 17.6. The van der Waals surface area contributed by atoms with Crippen LogP contribution in [0.25, 0.3) is 0 Å². The van der Waals surface area contributed by atoms with Gasteiger partial charge >= 0.3 is 0 Å². The lowest BCUT2D eigenvalue weighted by molar-refractivity contribution is -0.122. The third-order valence-corrected chi connectivity index (χ3v) is 3.13. The Kier molecular flexibility index (Phi) is 5.84. The molecule has 0 aliphatic heterocycles. The highest BCUT2D eigenvalue weighted by molar-refractivity contribution is 5.77. The Hall–Kier alpha value is -1.49. The average Bonchev–Trinajstić information content (AvgIpc) is 2.24. The molecule has 0 saturated heterocycles. The fourth-order valence-electron chi connectivity index (χ4n) is 2.39. The predicted octanol–water partition coefficient (Wildman–Crippen LogP) is 3.30. The highest BCUT2D eigenvalue weighted by Gasteiger charge is 2.21. The smallest absolute Gasteiger partial charge is 0.222 e. The molecule has 1 aromatic rings. The van der Waals surface area contributed by atoms with Crippen LogP contribution >= 0.6 is 0 Å². The van der Waals surface area contributed by atoms with Crippen LogP contribution in [0, 0.1) is 17.0 Å². The van der Waals surface area contributed by atoms with Gasteiger partial charge in [-0.3, -0.25) is 4.79 Å². The van der Waals surface area contributed by atoms with Gasteiger partial charge in [0.1, 0.15) is 11.6 Å². The SMILES string of the molecule is CC(NC(=O)CC(N)CC(C)(C)C)c1c(F)cccc1F. The molecule has 0 bridgehead atoms. The minimum absolute atomic E-state index is 0.0307. The molecule has 118 valence electrons. The van der Waals surface area contributed by atoms with Crippen LogP contribution in [0.15, 0.2) is 18.2 Å². The molecule has 3 N–H and O–H groups in total. The van der Waals surface area contributed by atoms with Crippen LogP contribution in [0.1, 0.15) is 52.1 Å². The minimum Gasteiger partial charge on any atom is -0.349 e. The summed E-state index contributed by atoms with van der Waals surface area (Å²) in [6, 6.07) is 2.63. The van der Waals surface area contributed by atoms with E-state index in [4.69, 9.17) is 5.73 Å². The molecule has 0 fully saturated rings. The van der Waals surface area contributed by atoms with Gasteiger partial charge < -0.3 is 11.1 Å². The lowest BCUT2D eigenvalue weighted by Gasteiger charge is -2.23. The highest BCUT2D eigenvalue weighted by atomic mass is 19.1. The maximum Gasteiger partial charge on any atom is 0.222 e. The molecule has 1 amide bonds. The Labute approximate surface area is 124 Å². The third-order valence-electron chi connectivity index (χ3n) is 3.13. The quantitative estimate of drug-likeness (QED) is 0.876. The van der Waals surface area contributed by atoms with E-state index in [1.165, 1.54) is 18.2 Å². The Morgan fingerprint density at radius 1 is 1.29 bits per heavy atom. The summed E-state index contributed by atoms with van der Waals surface area (Å²) in [7, 11) is 0. The van der Waals surface area contributed by atoms with Crippen molar-refractivity contribution in [2.75, 3.05) is 0 Å². The third kappa shape index (κ3) is 5.79. The van der Waals surface area contributed by atoms with Crippen molar-refractivity contribution in [1.82, 2.24) is 5.32 Å². The zero-order valence-corrected chi connectivity index (χ0v) is 13.0. The normalized spacial score (nSPS) is 14.6. The summed E-state index contributed by atoms with van der Waals surface area (Å²) in [4.78, 5) is 11.9. The lowest BCUT2D eigenvalue weighted by Crippen LogP contribution is -2.35. The molecule has 0 heterocycles. The topological polar surface area (TPSA) is 55.1 Å². The molecule has 3 nitrogen and oxygen atoms in total. The van der Waals surface area contributed by atoms with Crippen LogP contribution in [0.2, 0.25) is 0 Å². The van der Waals surface area contributed by atoms with E-state index in [1.54, 1.807) is 6.92 Å². The van der Waals surface area contributed by atoms with Crippen molar-refractivity contribution in [2.24, 2.45) is 11.1 Å². The van der Waals surface area contributed by atoms with Gasteiger partial charge in [-0.25, -0.2) is 8.78 Å². The number of halogens is 2. The highest BCUT2D eigenvalue weighted by Crippen LogP contribution is 2.22. The van der Waals surface area contributed by atoms with Gasteiger partial charge in [0.15, 0.2) is 0 Å². The van der Waals surface area contributed by atoms with Crippen molar-refractivity contribution in [3.8, 4) is 0 Å². The van der Waals surface area contributed by atoms with E-state index in [9.17, 15) is 13.6 Å². The number of nitrogens with two attached hydrogens (primary N) is 1. The molecule has 2 atom stereocenters. The number of amides is 1. The van der Waals surface area contributed by atoms with E-state index in [1.807, 2.05) is 20.8 Å². The second kappa shape index (κ2) is 6.98. The van der Waals surface area contributed by atoms with E-state index >= 15 is 0 Å². The number of rotatable bonds is 5. The standard InChI is InChI=1S/C16H24F2N2O/c1-10(15-12(17)6-5-7-13(15)18)20-14(21)8-11(19)9-16(2,3)4/h5-7,10-11H,8-9,19H2,1-4H3,(H,20,21). The fraction of sp³-hybridized carbons (Fsp3) is 0.562. The van der Waals surface area contributed by atoms with Crippen molar-refractivity contribution >= 4 is 5.91 Å². The predicted molar refractivity (Wildman–Crippen MR) is 79.6 cm³/mol. The summed E-state index contributed by atoms with van der Waals surface area (Å²) in [6.45, 7) is 7.68. The van der Waals surface area contributed by atoms with Gasteiger partial charge in [0.05, 0.1) is 6.04 Å². The van der Waals surface area contributed by atoms with Crippen LogP contribution in [0.4, 0.5) is 8.78 Å². The lowest BCUT2D eigenvalue weighted by atomic mass is 9.87. The Morgan fingerprint density at radius 2 is 1.81 bits per heavy atom. The summed E-state index contributed by atoms with van der Waals surface area (Å²) < 4.78 is 27.2. The number of nitrogens with one attached hydrogen (secondary N) is 1. The molecule has 0 aliphatic carbocycles. The number of hydrogen-bond donors (Lipinski definition) is 2. The van der Waals surface area contributed by atoms with Crippen molar-refractivity contribution < 1.29 is 13.6 Å². The maximum absolute atomic E-state index is 13.6. The summed E-state index contributed by atoms with van der Waals surface area (Å²) in [6.07, 6.45) is 0.834. The zero-order valence-electron chi connectivity index (χ0n) is 13.0. The van der Waals surface area contributed by atoms with E-state index < -0.39 is 17.7 Å². The summed E-state index contributed by atoms with van der Waals surface area (Å²) in [5.74, 6) is -1.63. The molecule has 1 aromatic carbocycles. The summed E-state index contributed by atoms with van der Waals surface area (Å²) >= 11 is 0. The molecule has 21 heavy (non-hydrogen) atoms. The monoisotopic (exact) mass is 298 g/mol. The van der Waals surface area contributed by atoms with Gasteiger partial charge in [-0.05, 0) is 30.9 Å². The summed E-state index contributed by atoms with van der Waals surface area (Å²) in [5, 5.41) is 2.60. The van der Waals surface area contributed by atoms with Gasteiger partial charge in [0.25, 0.3) is 0 Å². The van der Waals surface area contributed by atoms with Crippen LogP contribution in [-0.2, 0) is 4.79 Å². The zero-order chi connectivity index (χ0) is 16.2. The van der Waals surface area contributed by atoms with Crippen molar-refractivity contribution in [3.05, 3.63) is 35.4 Å². The Bertz CT molecular complexity index is 477. The van der Waals surface area contributed by atoms with Crippen molar-refractivity contribution in [3.63, 3.8) is 0 Å². The molecule has 2 unspecified atom stereocenters. The maximum atomic E-state index is 13.6. The van der Waals surface area contributed by atoms with Crippen LogP contribution in [-0.4, -0.2) is 11.9 Å². The molecule has 5 heteroatoms. The molecular weight excluding hydrogens is 274 g/mol. The first-order valence-corrected chi connectivity index (χ1v) is 7.09. The molecule has 0 aromatic heterocycles. The van der Waals surface area contributed by atoms with Gasteiger partial charge in [0.2, 0.25) is 5.91 Å². The van der Waals surface area contributed by atoms with E-state index in [-0.39, 0.29) is 29.3 Å². The van der Waals surface area contributed by atoms with E-state index in [0.717, 1.165) is 0 Å². The molecule has 0 radical (unpaired) electrons. The summed E-state index contributed by atoms with van der Waals surface area (Å²) in [5.41, 5.74) is 5.83. The van der Waals surface area contributed by atoms with E-state index in [2.05, 4.69) is 5.32 Å². The van der Waals surface area contributed by atoms with Crippen LogP contribution in [0.5, 0.6) is 0 Å². The number of benzene rings is 1. The van der Waals surface area contributed by atoms with Gasteiger partial charge in [-0.1, -0.05) is 26.8 Å². The number of carbonyl (C=O) groups excluding carboxylic acids is 1. The van der Waals surface area contributed by atoms with Crippen LogP contribution in [0.3, 0.4) is 0 Å². The van der Waals surface area contributed by atoms with Crippen molar-refractivity contribution in [2.45, 2.75) is 52.6 Å². The van der Waals surface area contributed by atoms with Gasteiger partial charge in [0, 0.05) is 18.0 Å². The van der Waals surface area contributed by atoms with Gasteiger partial charge in [-0.2, -0.15) is 0 Å². The van der Waals surface area contributed by atoms with Crippen molar-refractivity contribution in [1.29, 1.82) is 0 Å². The Morgan fingerprint density at radius 3 is 2.29 bits per heavy atom. The number of hydrogen-bond acceptors (Lipinski definition) is 2. The van der Waals surface area contributed by atoms with Crippen LogP contribution < -0.4 is 11.1 Å². The first-order chi connectivity index (χ1) is 9.60. The fourth-order valence-corrected chi connectivity index (χ4v) is 2.39.